The maximum Gasteiger partial charge on any atom is 0.139 e. The Balaban J connectivity index is 1.36. The van der Waals surface area contributed by atoms with Crippen molar-refractivity contribution < 1.29 is 4.39 Å². The van der Waals surface area contributed by atoms with Crippen molar-refractivity contribution in [2.24, 2.45) is 4.99 Å². The zero-order valence-electron chi connectivity index (χ0n) is 22.3. The Morgan fingerprint density at radius 3 is 2.38 bits per heavy atom. The van der Waals surface area contributed by atoms with Crippen LogP contribution in [-0.4, -0.2) is 23.7 Å². The lowest BCUT2D eigenvalue weighted by Crippen LogP contribution is -2.39. The number of nitriles is 1. The number of benzene rings is 2. The summed E-state index contributed by atoms with van der Waals surface area (Å²) >= 11 is 0. The smallest absolute Gasteiger partial charge is 0.139 e. The largest absolute Gasteiger partial charge is 0.371 e. The zero-order valence-corrected chi connectivity index (χ0v) is 22.3. The van der Waals surface area contributed by atoms with Crippen molar-refractivity contribution >= 4 is 11.4 Å². The van der Waals surface area contributed by atoms with Crippen molar-refractivity contribution in [3.05, 3.63) is 88.1 Å². The Morgan fingerprint density at radius 1 is 1.05 bits per heavy atom. The maximum atomic E-state index is 15.8. The van der Waals surface area contributed by atoms with Gasteiger partial charge in [-0.3, -0.25) is 4.99 Å². The van der Waals surface area contributed by atoms with Crippen LogP contribution in [0.25, 0.3) is 5.70 Å². The van der Waals surface area contributed by atoms with Crippen LogP contribution in [0.4, 0.5) is 4.39 Å². The first-order valence-electron chi connectivity index (χ1n) is 13.9. The van der Waals surface area contributed by atoms with Gasteiger partial charge in [-0.25, -0.2) is 4.39 Å². The van der Waals surface area contributed by atoms with E-state index in [2.05, 4.69) is 49.6 Å². The highest BCUT2D eigenvalue weighted by Gasteiger charge is 2.36. The Morgan fingerprint density at radius 2 is 1.76 bits per heavy atom. The van der Waals surface area contributed by atoms with E-state index >= 15 is 4.39 Å². The minimum absolute atomic E-state index is 0.416. The number of rotatable bonds is 6. The maximum absolute atomic E-state index is 15.8. The molecule has 0 spiro atoms. The molecular weight excluding hydrogens is 457 g/mol. The molecule has 0 amide bonds. The highest BCUT2D eigenvalue weighted by atomic mass is 19.1. The van der Waals surface area contributed by atoms with E-state index in [-0.39, 0.29) is 0 Å². The van der Waals surface area contributed by atoms with Crippen molar-refractivity contribution in [2.75, 3.05) is 13.1 Å². The van der Waals surface area contributed by atoms with Gasteiger partial charge in [-0.05, 0) is 98.7 Å². The fourth-order valence-corrected chi connectivity index (χ4v) is 6.02. The molecule has 0 bridgehead atoms. The number of hydrogen-bond donors (Lipinski definition) is 0. The van der Waals surface area contributed by atoms with Gasteiger partial charge in [0.05, 0.1) is 11.6 Å². The molecule has 0 unspecified atom stereocenters. The SMILES string of the molecule is C=C(c1ccc(C2CCC2)c(/C(C)=N/C2=C(C)CCCC2)c1)N1CCC(F)(c2ccc(C#N)cc2)CC1. The van der Waals surface area contributed by atoms with Crippen LogP contribution < -0.4 is 0 Å². The predicted octanol–water partition coefficient (Wildman–Crippen LogP) is 8.41. The Hall–Kier alpha value is -3.19. The number of likely N-dealkylation sites (tertiary alicyclic amines) is 1. The number of alkyl halides is 1. The van der Waals surface area contributed by atoms with Crippen LogP contribution in [0.3, 0.4) is 0 Å². The van der Waals surface area contributed by atoms with E-state index in [9.17, 15) is 0 Å². The molecule has 1 aliphatic heterocycles. The summed E-state index contributed by atoms with van der Waals surface area (Å²) in [5.41, 5.74) is 8.41. The summed E-state index contributed by atoms with van der Waals surface area (Å²) in [7, 11) is 0. The Bertz CT molecular complexity index is 1270. The molecule has 2 aliphatic carbocycles. The van der Waals surface area contributed by atoms with Gasteiger partial charge < -0.3 is 4.90 Å². The van der Waals surface area contributed by atoms with Crippen LogP contribution in [0.2, 0.25) is 0 Å². The van der Waals surface area contributed by atoms with Crippen molar-refractivity contribution in [2.45, 2.75) is 83.2 Å². The van der Waals surface area contributed by atoms with E-state index in [0.717, 1.165) is 29.8 Å². The number of aliphatic imine (C=N–C) groups is 1. The van der Waals surface area contributed by atoms with Gasteiger partial charge in [0.25, 0.3) is 0 Å². The summed E-state index contributed by atoms with van der Waals surface area (Å²) < 4.78 is 15.8. The molecule has 0 atom stereocenters. The second-order valence-electron chi connectivity index (χ2n) is 11.1. The number of halogens is 1. The van der Waals surface area contributed by atoms with Gasteiger partial charge in [-0.15, -0.1) is 0 Å². The first kappa shape index (κ1) is 25.5. The fourth-order valence-electron chi connectivity index (χ4n) is 6.02. The van der Waals surface area contributed by atoms with Crippen molar-refractivity contribution in [1.29, 1.82) is 5.26 Å². The number of piperidine rings is 1. The summed E-state index contributed by atoms with van der Waals surface area (Å²) in [6.07, 6.45) is 9.37. The van der Waals surface area contributed by atoms with E-state index in [1.54, 1.807) is 24.3 Å². The molecular formula is C33H38FN3. The number of hydrogen-bond acceptors (Lipinski definition) is 3. The van der Waals surface area contributed by atoms with Gasteiger partial charge in [0.15, 0.2) is 0 Å². The highest BCUT2D eigenvalue weighted by molar-refractivity contribution is 6.01. The average Bonchev–Trinajstić information content (AvgIpc) is 2.89. The predicted molar refractivity (Wildman–Crippen MR) is 150 cm³/mol. The van der Waals surface area contributed by atoms with Gasteiger partial charge >= 0.3 is 0 Å². The molecule has 0 N–H and O–H groups in total. The minimum Gasteiger partial charge on any atom is -0.371 e. The summed E-state index contributed by atoms with van der Waals surface area (Å²) in [4.78, 5) is 7.38. The molecule has 37 heavy (non-hydrogen) atoms. The van der Waals surface area contributed by atoms with Crippen LogP contribution in [0, 0.1) is 11.3 Å². The third-order valence-corrected chi connectivity index (χ3v) is 8.80. The zero-order chi connectivity index (χ0) is 26.0. The van der Waals surface area contributed by atoms with Crippen LogP contribution in [0.15, 0.2) is 65.3 Å². The van der Waals surface area contributed by atoms with E-state index < -0.39 is 5.67 Å². The first-order valence-corrected chi connectivity index (χ1v) is 13.9. The van der Waals surface area contributed by atoms with Gasteiger partial charge in [-0.1, -0.05) is 42.8 Å². The lowest BCUT2D eigenvalue weighted by molar-refractivity contribution is 0.0794. The van der Waals surface area contributed by atoms with Gasteiger partial charge in [-0.2, -0.15) is 5.26 Å². The normalized spacial score (nSPS) is 20.4. The third-order valence-electron chi connectivity index (χ3n) is 8.80. The molecule has 2 fully saturated rings. The molecule has 4 heteroatoms. The summed E-state index contributed by atoms with van der Waals surface area (Å²) in [6.45, 7) is 10.1. The molecule has 1 heterocycles. The molecule has 1 saturated heterocycles. The van der Waals surface area contributed by atoms with E-state index in [0.29, 0.717) is 43.0 Å². The van der Waals surface area contributed by atoms with Crippen LogP contribution in [0.1, 0.15) is 105 Å². The highest BCUT2D eigenvalue weighted by Crippen LogP contribution is 2.41. The van der Waals surface area contributed by atoms with Gasteiger partial charge in [0, 0.05) is 43.0 Å². The topological polar surface area (TPSA) is 39.4 Å². The van der Waals surface area contributed by atoms with E-state index in [4.69, 9.17) is 10.3 Å². The van der Waals surface area contributed by atoms with E-state index in [1.165, 1.54) is 54.5 Å². The first-order chi connectivity index (χ1) is 17.9. The monoisotopic (exact) mass is 495 g/mol. The Labute approximate surface area is 221 Å². The second-order valence-corrected chi connectivity index (χ2v) is 11.1. The minimum atomic E-state index is -1.36. The number of allylic oxidation sites excluding steroid dienone is 2. The molecule has 1 saturated carbocycles. The molecule has 3 aliphatic rings. The van der Waals surface area contributed by atoms with Crippen LogP contribution in [-0.2, 0) is 5.67 Å². The molecule has 5 rings (SSSR count). The second kappa shape index (κ2) is 10.7. The van der Waals surface area contributed by atoms with E-state index in [1.807, 2.05) is 0 Å². The standard InChI is InChI=1S/C33H38FN3/c1-23-7-4-5-10-32(23)36-24(2)31-21-28(13-16-30(31)27-8-6-9-27)25(3)37-19-17-33(34,18-20-37)29-14-11-26(22-35)12-15-29/h11-16,21,27H,3-10,17-20H2,1-2H3/b36-24+. The van der Waals surface area contributed by atoms with Gasteiger partial charge in [0.2, 0.25) is 0 Å². The van der Waals surface area contributed by atoms with Crippen LogP contribution in [0.5, 0.6) is 0 Å². The molecule has 3 nitrogen and oxygen atoms in total. The third kappa shape index (κ3) is 5.28. The molecule has 192 valence electrons. The van der Waals surface area contributed by atoms with Gasteiger partial charge in [0.1, 0.15) is 5.67 Å². The van der Waals surface area contributed by atoms with Crippen molar-refractivity contribution in [1.82, 2.24) is 4.90 Å². The Kier molecular flexibility index (Phi) is 7.33. The summed E-state index contributed by atoms with van der Waals surface area (Å²) in [5.74, 6) is 0.624. The molecule has 2 aromatic carbocycles. The molecule has 0 radical (unpaired) electrons. The molecule has 0 aromatic heterocycles. The lowest BCUT2D eigenvalue weighted by atomic mass is 9.77. The van der Waals surface area contributed by atoms with Crippen molar-refractivity contribution in [3.63, 3.8) is 0 Å². The fraction of sp³-hybridized carbons (Fsp3) is 0.455. The van der Waals surface area contributed by atoms with Crippen molar-refractivity contribution in [3.8, 4) is 6.07 Å². The number of nitrogens with zero attached hydrogens (tertiary/aromatic N) is 3. The summed E-state index contributed by atoms with van der Waals surface area (Å²) in [5, 5.41) is 9.05. The lowest BCUT2D eigenvalue weighted by Gasteiger charge is -2.39. The summed E-state index contributed by atoms with van der Waals surface area (Å²) in [6, 6.07) is 15.8. The average molecular weight is 496 g/mol. The quantitative estimate of drug-likeness (QED) is 0.377. The molecule has 2 aromatic rings. The van der Waals surface area contributed by atoms with Crippen LogP contribution >= 0.6 is 0 Å².